The Kier molecular flexibility index (Phi) is 5.50. The van der Waals surface area contributed by atoms with Crippen LogP contribution in [0.3, 0.4) is 0 Å². The van der Waals surface area contributed by atoms with Gasteiger partial charge < -0.3 is 4.98 Å². The monoisotopic (exact) mass is 413 g/mol. The van der Waals surface area contributed by atoms with E-state index >= 15 is 0 Å². The van der Waals surface area contributed by atoms with Crippen molar-refractivity contribution in [2.75, 3.05) is 6.54 Å². The van der Waals surface area contributed by atoms with Crippen molar-refractivity contribution in [1.29, 1.82) is 0 Å². The average molecular weight is 414 g/mol. The Morgan fingerprint density at radius 1 is 1.13 bits per heavy atom. The van der Waals surface area contributed by atoms with E-state index in [4.69, 9.17) is 5.21 Å². The number of aromatic nitrogens is 1. The zero-order valence-electron chi connectivity index (χ0n) is 17.5. The highest BCUT2D eigenvalue weighted by Crippen LogP contribution is 2.31. The molecule has 5 heteroatoms. The number of carbonyl (C=O) groups excluding carboxylic acids is 1. The molecule has 1 aromatic heterocycles. The molecule has 3 aromatic rings. The highest BCUT2D eigenvalue weighted by molar-refractivity contribution is 5.84. The van der Waals surface area contributed by atoms with Crippen LogP contribution in [0.1, 0.15) is 41.9 Å². The summed E-state index contributed by atoms with van der Waals surface area (Å²) >= 11 is 0. The molecule has 1 fully saturated rings. The number of hydroxylamine groups is 1. The molecule has 1 saturated carbocycles. The van der Waals surface area contributed by atoms with Gasteiger partial charge >= 0.3 is 0 Å². The molecule has 0 aliphatic heterocycles. The Hall–Kier alpha value is -3.07. The van der Waals surface area contributed by atoms with Crippen molar-refractivity contribution >= 4 is 16.8 Å². The van der Waals surface area contributed by atoms with E-state index in [2.05, 4.69) is 76.5 Å². The predicted molar refractivity (Wildman–Crippen MR) is 120 cm³/mol. The van der Waals surface area contributed by atoms with E-state index in [1.807, 2.05) is 0 Å². The smallest absolute Gasteiger partial charge is 0.260 e. The second-order valence-electron chi connectivity index (χ2n) is 8.63. The van der Waals surface area contributed by atoms with Gasteiger partial charge in [-0.3, -0.25) is 14.9 Å². The molecule has 0 bridgehead atoms. The van der Waals surface area contributed by atoms with Gasteiger partial charge in [0, 0.05) is 36.2 Å². The van der Waals surface area contributed by atoms with Gasteiger partial charge in [-0.05, 0) is 42.0 Å². The van der Waals surface area contributed by atoms with Crippen molar-refractivity contribution < 1.29 is 10.0 Å². The van der Waals surface area contributed by atoms with Crippen molar-refractivity contribution in [3.63, 3.8) is 0 Å². The van der Waals surface area contributed by atoms with Crippen LogP contribution in [0, 0.1) is 17.8 Å². The van der Waals surface area contributed by atoms with E-state index in [-0.39, 0.29) is 5.92 Å². The minimum atomic E-state index is -0.460. The predicted octanol–water partition coefficient (Wildman–Crippen LogP) is 3.99. The first-order valence-corrected chi connectivity index (χ1v) is 11.1. The van der Waals surface area contributed by atoms with E-state index in [1.54, 1.807) is 5.48 Å². The highest BCUT2D eigenvalue weighted by atomic mass is 16.5. The largest absolute Gasteiger partial charge is 0.361 e. The standard InChI is InChI=1S/C26H27N3O2/c30-26(28-31)24-13-12-22(24)19-10-8-18(9-11-19)17-29(21-4-3-5-21)15-14-20-16-27-25-7-2-1-6-23(20)25/h1-2,6-11,16,21-22,24,27,31H,3-5,14-15,17H2,(H,28,30). The fraction of sp³-hybridized carbons (Fsp3) is 0.346. The molecule has 0 spiro atoms. The molecule has 1 amide bonds. The summed E-state index contributed by atoms with van der Waals surface area (Å²) in [6.45, 7) is 1.98. The summed E-state index contributed by atoms with van der Waals surface area (Å²) in [7, 11) is 0. The number of H-pyrrole nitrogens is 1. The maximum atomic E-state index is 11.7. The fourth-order valence-electron chi connectivity index (χ4n) is 4.62. The van der Waals surface area contributed by atoms with E-state index < -0.39 is 11.8 Å². The number of fused-ring (bicyclic) bond motifs is 1. The maximum absolute atomic E-state index is 11.7. The molecule has 3 N–H and O–H groups in total. The fourth-order valence-corrected chi connectivity index (χ4v) is 4.62. The van der Waals surface area contributed by atoms with Crippen molar-refractivity contribution in [2.45, 2.75) is 44.2 Å². The third kappa shape index (κ3) is 3.97. The van der Waals surface area contributed by atoms with Crippen LogP contribution in [0.2, 0.25) is 0 Å². The van der Waals surface area contributed by atoms with E-state index in [0.29, 0.717) is 6.04 Å². The number of nitrogens with zero attached hydrogens (tertiary/aromatic N) is 1. The molecule has 2 aliphatic carbocycles. The summed E-state index contributed by atoms with van der Waals surface area (Å²) in [5.41, 5.74) is 6.62. The van der Waals surface area contributed by atoms with E-state index in [0.717, 1.165) is 25.1 Å². The molecule has 2 aliphatic rings. The van der Waals surface area contributed by atoms with Crippen molar-refractivity contribution in [3.8, 4) is 11.8 Å². The summed E-state index contributed by atoms with van der Waals surface area (Å²) in [6.07, 6.45) is 7.07. The molecule has 2 aromatic carbocycles. The number of para-hydroxylation sites is 1. The van der Waals surface area contributed by atoms with Gasteiger partial charge in [0.15, 0.2) is 0 Å². The average Bonchev–Trinajstić information content (AvgIpc) is 3.14. The lowest BCUT2D eigenvalue weighted by Gasteiger charge is -2.37. The number of hydrogen-bond acceptors (Lipinski definition) is 3. The lowest BCUT2D eigenvalue weighted by Crippen LogP contribution is -2.40. The zero-order valence-corrected chi connectivity index (χ0v) is 17.5. The molecule has 5 nitrogen and oxygen atoms in total. The third-order valence-corrected chi connectivity index (χ3v) is 6.78. The number of rotatable bonds is 8. The molecule has 158 valence electrons. The van der Waals surface area contributed by atoms with Gasteiger partial charge in [0.1, 0.15) is 5.92 Å². The number of hydrogen-bond donors (Lipinski definition) is 3. The van der Waals surface area contributed by atoms with Crippen LogP contribution in [0.5, 0.6) is 0 Å². The summed E-state index contributed by atoms with van der Waals surface area (Å²) in [5, 5.41) is 10.2. The zero-order chi connectivity index (χ0) is 21.2. The minimum Gasteiger partial charge on any atom is -0.361 e. The first-order valence-electron chi connectivity index (χ1n) is 11.1. The Bertz CT molecular complexity index is 1130. The molecule has 0 radical (unpaired) electrons. The second kappa shape index (κ2) is 8.58. The van der Waals surface area contributed by atoms with Gasteiger partial charge in [-0.1, -0.05) is 60.7 Å². The number of nitrogens with one attached hydrogen (secondary N) is 2. The van der Waals surface area contributed by atoms with Gasteiger partial charge in [0.25, 0.3) is 5.91 Å². The Morgan fingerprint density at radius 3 is 2.61 bits per heavy atom. The Labute approximate surface area is 182 Å². The number of benzene rings is 2. The summed E-state index contributed by atoms with van der Waals surface area (Å²) in [6, 6.07) is 17.6. The molecular formula is C26H27N3O2. The summed E-state index contributed by atoms with van der Waals surface area (Å²) < 4.78 is 0. The minimum absolute atomic E-state index is 0.134. The third-order valence-electron chi connectivity index (χ3n) is 6.78. The molecule has 0 saturated heterocycles. The van der Waals surface area contributed by atoms with Crippen molar-refractivity contribution in [2.24, 2.45) is 5.92 Å². The molecule has 1 heterocycles. The SMILES string of the molecule is O=C(NO)C1C#CC1c1ccc(CN(CCc2c[nH]c3ccccc23)C2CCC2)cc1. The lowest BCUT2D eigenvalue weighted by atomic mass is 9.79. The quantitative estimate of drug-likeness (QED) is 0.297. The van der Waals surface area contributed by atoms with Crippen LogP contribution < -0.4 is 5.48 Å². The van der Waals surface area contributed by atoms with Crippen molar-refractivity contribution in [1.82, 2.24) is 15.4 Å². The van der Waals surface area contributed by atoms with Crippen LogP contribution in [0.4, 0.5) is 0 Å². The number of amides is 1. The van der Waals surface area contributed by atoms with Crippen LogP contribution in [0.15, 0.2) is 54.7 Å². The van der Waals surface area contributed by atoms with Crippen LogP contribution in [-0.2, 0) is 17.8 Å². The molecule has 5 rings (SSSR count). The van der Waals surface area contributed by atoms with Gasteiger partial charge in [-0.2, -0.15) is 0 Å². The van der Waals surface area contributed by atoms with Gasteiger partial charge in [-0.15, -0.1) is 0 Å². The topological polar surface area (TPSA) is 68.4 Å². The Balaban J connectivity index is 1.25. The van der Waals surface area contributed by atoms with Crippen LogP contribution in [0.25, 0.3) is 10.9 Å². The van der Waals surface area contributed by atoms with Crippen LogP contribution >= 0.6 is 0 Å². The van der Waals surface area contributed by atoms with Gasteiger partial charge in [0.2, 0.25) is 0 Å². The summed E-state index contributed by atoms with van der Waals surface area (Å²) in [4.78, 5) is 17.7. The second-order valence-corrected chi connectivity index (χ2v) is 8.63. The Morgan fingerprint density at radius 2 is 1.94 bits per heavy atom. The number of aromatic amines is 1. The number of carbonyl (C=O) groups is 1. The van der Waals surface area contributed by atoms with Crippen LogP contribution in [-0.4, -0.2) is 33.6 Å². The summed E-state index contributed by atoms with van der Waals surface area (Å²) in [5.74, 6) is 4.85. The molecule has 31 heavy (non-hydrogen) atoms. The molecular weight excluding hydrogens is 386 g/mol. The molecule has 2 atom stereocenters. The van der Waals surface area contributed by atoms with E-state index in [1.165, 1.54) is 41.3 Å². The van der Waals surface area contributed by atoms with Crippen molar-refractivity contribution in [3.05, 3.63) is 71.4 Å². The lowest BCUT2D eigenvalue weighted by molar-refractivity contribution is -0.132. The maximum Gasteiger partial charge on any atom is 0.260 e. The van der Waals surface area contributed by atoms with Gasteiger partial charge in [0.05, 0.1) is 5.92 Å². The van der Waals surface area contributed by atoms with Gasteiger partial charge in [-0.25, -0.2) is 5.48 Å². The first kappa shape index (κ1) is 19.9. The normalized spacial score (nSPS) is 20.1. The first-order chi connectivity index (χ1) is 15.2. The molecule has 2 unspecified atom stereocenters. The highest BCUT2D eigenvalue weighted by Gasteiger charge is 2.32. The van der Waals surface area contributed by atoms with E-state index in [9.17, 15) is 4.79 Å².